The molecule has 0 aliphatic rings. The maximum atomic E-state index is 12.1. The number of aryl methyl sites for hydroxylation is 1. The molecule has 0 saturated carbocycles. The van der Waals surface area contributed by atoms with Crippen LogP contribution in [0.4, 0.5) is 5.69 Å². The summed E-state index contributed by atoms with van der Waals surface area (Å²) in [5.74, 6) is -1.32. The first-order chi connectivity index (χ1) is 12.4. The van der Waals surface area contributed by atoms with Gasteiger partial charge in [-0.2, -0.15) is 0 Å². The number of carbonyl (C=O) groups excluding carboxylic acids is 3. The van der Waals surface area contributed by atoms with Gasteiger partial charge in [0.1, 0.15) is 0 Å². The molecule has 0 saturated heterocycles. The third-order valence-electron chi connectivity index (χ3n) is 4.23. The Morgan fingerprint density at radius 1 is 1.04 bits per heavy atom. The van der Waals surface area contributed by atoms with Crippen LogP contribution < -0.4 is 10.6 Å². The molecule has 2 aromatic carbocycles. The lowest BCUT2D eigenvalue weighted by atomic mass is 10.1. The lowest BCUT2D eigenvalue weighted by Crippen LogP contribution is -2.30. The highest BCUT2D eigenvalue weighted by Crippen LogP contribution is 2.13. The van der Waals surface area contributed by atoms with Crippen LogP contribution in [0.3, 0.4) is 0 Å². The Hall–Kier alpha value is -2.95. The Morgan fingerprint density at radius 3 is 2.38 bits per heavy atom. The van der Waals surface area contributed by atoms with Crippen LogP contribution in [0, 0.1) is 12.8 Å². The minimum absolute atomic E-state index is 0.0387. The van der Waals surface area contributed by atoms with Gasteiger partial charge in [0.2, 0.25) is 11.7 Å². The van der Waals surface area contributed by atoms with E-state index in [0.717, 1.165) is 17.5 Å². The quantitative estimate of drug-likeness (QED) is 0.592. The Labute approximate surface area is 153 Å². The van der Waals surface area contributed by atoms with Gasteiger partial charge in [-0.3, -0.25) is 14.4 Å². The SMILES string of the molecule is CCC(C)C(=O)Nc1cccc(CNC(=O)C(=O)c2ccc(C)cc2)c1. The zero-order valence-corrected chi connectivity index (χ0v) is 15.3. The van der Waals surface area contributed by atoms with Crippen LogP contribution in [0.2, 0.25) is 0 Å². The van der Waals surface area contributed by atoms with Crippen molar-refractivity contribution < 1.29 is 14.4 Å². The highest BCUT2D eigenvalue weighted by Gasteiger charge is 2.16. The summed E-state index contributed by atoms with van der Waals surface area (Å²) in [5, 5.41) is 5.48. The van der Waals surface area contributed by atoms with E-state index < -0.39 is 11.7 Å². The van der Waals surface area contributed by atoms with Gasteiger partial charge < -0.3 is 10.6 Å². The molecule has 0 aliphatic heterocycles. The molecule has 136 valence electrons. The summed E-state index contributed by atoms with van der Waals surface area (Å²) in [6.07, 6.45) is 0.767. The third kappa shape index (κ3) is 5.28. The summed E-state index contributed by atoms with van der Waals surface area (Å²) in [7, 11) is 0. The molecule has 2 amide bonds. The number of nitrogens with one attached hydrogen (secondary N) is 2. The second kappa shape index (κ2) is 8.94. The van der Waals surface area contributed by atoms with Crippen molar-refractivity contribution in [3.8, 4) is 0 Å². The number of carbonyl (C=O) groups is 3. The topological polar surface area (TPSA) is 75.3 Å². The van der Waals surface area contributed by atoms with Crippen LogP contribution >= 0.6 is 0 Å². The molecule has 26 heavy (non-hydrogen) atoms. The van der Waals surface area contributed by atoms with Crippen molar-refractivity contribution in [2.24, 2.45) is 5.92 Å². The molecule has 0 spiro atoms. The van der Waals surface area contributed by atoms with Crippen LogP contribution in [-0.4, -0.2) is 17.6 Å². The van der Waals surface area contributed by atoms with Gasteiger partial charge in [-0.15, -0.1) is 0 Å². The zero-order valence-electron chi connectivity index (χ0n) is 15.3. The molecule has 2 rings (SSSR count). The summed E-state index contributed by atoms with van der Waals surface area (Å²) in [6.45, 7) is 5.96. The van der Waals surface area contributed by atoms with E-state index in [9.17, 15) is 14.4 Å². The van der Waals surface area contributed by atoms with Gasteiger partial charge in [-0.1, -0.05) is 55.8 Å². The second-order valence-electron chi connectivity index (χ2n) is 6.38. The molecule has 0 fully saturated rings. The largest absolute Gasteiger partial charge is 0.345 e. The summed E-state index contributed by atoms with van der Waals surface area (Å²) < 4.78 is 0. The molecule has 1 unspecified atom stereocenters. The molecular formula is C21H24N2O3. The monoisotopic (exact) mass is 352 g/mol. The van der Waals surface area contributed by atoms with E-state index in [0.29, 0.717) is 11.3 Å². The van der Waals surface area contributed by atoms with Crippen LogP contribution in [0.25, 0.3) is 0 Å². The van der Waals surface area contributed by atoms with Crippen molar-refractivity contribution in [2.75, 3.05) is 5.32 Å². The maximum Gasteiger partial charge on any atom is 0.292 e. The highest BCUT2D eigenvalue weighted by atomic mass is 16.2. The summed E-state index contributed by atoms with van der Waals surface area (Å²) >= 11 is 0. The Morgan fingerprint density at radius 2 is 1.73 bits per heavy atom. The molecule has 0 aromatic heterocycles. The first kappa shape index (κ1) is 19.4. The van der Waals surface area contributed by atoms with E-state index in [2.05, 4.69) is 10.6 Å². The minimum Gasteiger partial charge on any atom is -0.345 e. The fraction of sp³-hybridized carbons (Fsp3) is 0.286. The van der Waals surface area contributed by atoms with Crippen molar-refractivity contribution in [2.45, 2.75) is 33.7 Å². The summed E-state index contributed by atoms with van der Waals surface area (Å²) in [6, 6.07) is 14.1. The number of rotatable bonds is 7. The highest BCUT2D eigenvalue weighted by molar-refractivity contribution is 6.42. The van der Waals surface area contributed by atoms with Gasteiger partial charge in [-0.25, -0.2) is 0 Å². The average Bonchev–Trinajstić information content (AvgIpc) is 2.65. The van der Waals surface area contributed by atoms with Gasteiger partial charge >= 0.3 is 0 Å². The van der Waals surface area contributed by atoms with Gasteiger partial charge in [0.15, 0.2) is 0 Å². The lowest BCUT2D eigenvalue weighted by Gasteiger charge is -2.11. The molecule has 5 heteroatoms. The molecular weight excluding hydrogens is 328 g/mol. The maximum absolute atomic E-state index is 12.1. The van der Waals surface area contributed by atoms with Crippen molar-refractivity contribution in [3.63, 3.8) is 0 Å². The first-order valence-electron chi connectivity index (χ1n) is 8.69. The Balaban J connectivity index is 1.95. The summed E-state index contributed by atoms with van der Waals surface area (Å²) in [5.41, 5.74) is 2.87. The van der Waals surface area contributed by atoms with Gasteiger partial charge in [0.05, 0.1) is 0 Å². The fourth-order valence-corrected chi connectivity index (χ4v) is 2.31. The number of hydrogen-bond donors (Lipinski definition) is 2. The smallest absolute Gasteiger partial charge is 0.292 e. The van der Waals surface area contributed by atoms with E-state index in [1.807, 2.05) is 26.8 Å². The Kier molecular flexibility index (Phi) is 6.67. The molecule has 1 atom stereocenters. The fourth-order valence-electron chi connectivity index (χ4n) is 2.31. The molecule has 2 aromatic rings. The lowest BCUT2D eigenvalue weighted by molar-refractivity contribution is -0.119. The van der Waals surface area contributed by atoms with Crippen LogP contribution in [0.5, 0.6) is 0 Å². The molecule has 0 aliphatic carbocycles. The van der Waals surface area contributed by atoms with Crippen molar-refractivity contribution in [1.82, 2.24) is 5.32 Å². The molecule has 2 N–H and O–H groups in total. The number of benzene rings is 2. The van der Waals surface area contributed by atoms with Crippen molar-refractivity contribution >= 4 is 23.3 Å². The normalized spacial score (nSPS) is 11.5. The minimum atomic E-state index is -0.650. The number of anilines is 1. The van der Waals surface area contributed by atoms with E-state index in [1.165, 1.54) is 0 Å². The van der Waals surface area contributed by atoms with Crippen molar-refractivity contribution in [1.29, 1.82) is 0 Å². The van der Waals surface area contributed by atoms with Gasteiger partial charge in [0.25, 0.3) is 5.91 Å². The predicted octanol–water partition coefficient (Wildman–Crippen LogP) is 3.48. The second-order valence-corrected chi connectivity index (χ2v) is 6.38. The zero-order chi connectivity index (χ0) is 19.1. The molecule has 5 nitrogen and oxygen atoms in total. The average molecular weight is 352 g/mol. The molecule has 0 heterocycles. The number of Topliss-reactive ketones (excluding diaryl/α,β-unsaturated/α-hetero) is 1. The number of amides is 2. The van der Waals surface area contributed by atoms with E-state index >= 15 is 0 Å². The van der Waals surface area contributed by atoms with E-state index in [1.54, 1.807) is 42.5 Å². The molecule has 0 radical (unpaired) electrons. The van der Waals surface area contributed by atoms with Crippen molar-refractivity contribution in [3.05, 3.63) is 65.2 Å². The first-order valence-corrected chi connectivity index (χ1v) is 8.69. The third-order valence-corrected chi connectivity index (χ3v) is 4.23. The van der Waals surface area contributed by atoms with Crippen LogP contribution in [0.15, 0.2) is 48.5 Å². The van der Waals surface area contributed by atoms with Gasteiger partial charge in [-0.05, 0) is 31.0 Å². The Bertz CT molecular complexity index is 797. The van der Waals surface area contributed by atoms with Gasteiger partial charge in [0, 0.05) is 23.7 Å². The number of hydrogen-bond acceptors (Lipinski definition) is 3. The van der Waals surface area contributed by atoms with Crippen LogP contribution in [-0.2, 0) is 16.1 Å². The van der Waals surface area contributed by atoms with E-state index in [4.69, 9.17) is 0 Å². The molecule has 0 bridgehead atoms. The van der Waals surface area contributed by atoms with Crippen LogP contribution in [0.1, 0.15) is 41.8 Å². The standard InChI is InChI=1S/C21H24N2O3/c1-4-15(3)20(25)23-18-7-5-6-16(12-18)13-22-21(26)19(24)17-10-8-14(2)9-11-17/h5-12,15H,4,13H2,1-3H3,(H,22,26)(H,23,25). The predicted molar refractivity (Wildman–Crippen MR) is 102 cm³/mol. The summed E-state index contributed by atoms with van der Waals surface area (Å²) in [4.78, 5) is 36.2. The number of ketones is 1. The van der Waals surface area contributed by atoms with E-state index in [-0.39, 0.29) is 18.4 Å².